The van der Waals surface area contributed by atoms with Crippen LogP contribution in [0.3, 0.4) is 0 Å². The smallest absolute Gasteiger partial charge is 0.163 e. The number of rotatable bonds is 10. The summed E-state index contributed by atoms with van der Waals surface area (Å²) in [6, 6.07) is 8.12. The van der Waals surface area contributed by atoms with Gasteiger partial charge in [-0.15, -0.1) is 0 Å². The maximum absolute atomic E-state index is 13.9. The van der Waals surface area contributed by atoms with E-state index in [2.05, 4.69) is 19.2 Å². The second-order valence-electron chi connectivity index (χ2n) is 6.67. The maximum Gasteiger partial charge on any atom is 0.163 e. The molecule has 0 bridgehead atoms. The summed E-state index contributed by atoms with van der Waals surface area (Å²) in [5.41, 5.74) is 1.23. The van der Waals surface area contributed by atoms with Gasteiger partial charge in [-0.25, -0.2) is 4.39 Å². The zero-order valence-corrected chi connectivity index (χ0v) is 17.5. The highest BCUT2D eigenvalue weighted by Crippen LogP contribution is 2.35. The molecule has 0 saturated carbocycles. The van der Waals surface area contributed by atoms with E-state index < -0.39 is 5.82 Å². The molecule has 0 aliphatic heterocycles. The van der Waals surface area contributed by atoms with Crippen LogP contribution in [-0.2, 0) is 13.2 Å². The molecule has 3 nitrogen and oxygen atoms in total. The molecule has 27 heavy (non-hydrogen) atoms. The lowest BCUT2D eigenvalue weighted by Gasteiger charge is -2.16. The quantitative estimate of drug-likeness (QED) is 0.467. The highest BCUT2D eigenvalue weighted by Gasteiger charge is 2.14. The van der Waals surface area contributed by atoms with E-state index in [4.69, 9.17) is 32.7 Å². The molecule has 2 aromatic rings. The zero-order chi connectivity index (χ0) is 19.8. The fourth-order valence-electron chi connectivity index (χ4n) is 2.53. The Bertz CT molecular complexity index is 733. The van der Waals surface area contributed by atoms with Crippen molar-refractivity contribution < 1.29 is 13.9 Å². The highest BCUT2D eigenvalue weighted by atomic mass is 35.5. The van der Waals surface area contributed by atoms with Gasteiger partial charge < -0.3 is 14.8 Å². The molecular formula is C21H26Cl2FNO2. The van der Waals surface area contributed by atoms with Gasteiger partial charge in [-0.1, -0.05) is 43.1 Å². The fraction of sp³-hybridized carbons (Fsp3) is 0.429. The third-order valence-electron chi connectivity index (χ3n) is 4.06. The van der Waals surface area contributed by atoms with Crippen LogP contribution in [0.5, 0.6) is 11.5 Å². The minimum atomic E-state index is -0.405. The largest absolute Gasteiger partial charge is 0.490 e. The highest BCUT2D eigenvalue weighted by molar-refractivity contribution is 6.31. The summed E-state index contributed by atoms with van der Waals surface area (Å²) in [6.07, 6.45) is 1.10. The molecule has 0 radical (unpaired) electrons. The second-order valence-corrected chi connectivity index (χ2v) is 7.49. The molecule has 1 N–H and O–H groups in total. The Morgan fingerprint density at radius 2 is 1.81 bits per heavy atom. The third-order valence-corrected chi connectivity index (χ3v) is 4.77. The molecule has 0 spiro atoms. The van der Waals surface area contributed by atoms with E-state index in [0.29, 0.717) is 46.2 Å². The van der Waals surface area contributed by atoms with Gasteiger partial charge in [0.05, 0.1) is 11.6 Å². The molecule has 0 heterocycles. The first-order chi connectivity index (χ1) is 12.9. The lowest BCUT2D eigenvalue weighted by molar-refractivity contribution is 0.265. The summed E-state index contributed by atoms with van der Waals surface area (Å²) in [5, 5.41) is 4.29. The second kappa shape index (κ2) is 10.7. The molecule has 0 amide bonds. The van der Waals surface area contributed by atoms with Crippen LogP contribution in [0.2, 0.25) is 10.0 Å². The molecule has 2 rings (SSSR count). The van der Waals surface area contributed by atoms with Crippen LogP contribution >= 0.6 is 23.2 Å². The van der Waals surface area contributed by atoms with E-state index in [9.17, 15) is 4.39 Å². The molecule has 0 atom stereocenters. The van der Waals surface area contributed by atoms with Gasteiger partial charge in [-0.3, -0.25) is 0 Å². The number of ether oxygens (including phenoxy) is 2. The van der Waals surface area contributed by atoms with Gasteiger partial charge >= 0.3 is 0 Å². The monoisotopic (exact) mass is 413 g/mol. The number of hydrogen-bond acceptors (Lipinski definition) is 3. The minimum absolute atomic E-state index is 0.00606. The maximum atomic E-state index is 13.9. The average molecular weight is 414 g/mol. The lowest BCUT2D eigenvalue weighted by Crippen LogP contribution is -2.16. The molecule has 0 aromatic heterocycles. The average Bonchev–Trinajstić information content (AvgIpc) is 2.61. The van der Waals surface area contributed by atoms with Crippen molar-refractivity contribution >= 4 is 23.2 Å². The van der Waals surface area contributed by atoms with Gasteiger partial charge in [0, 0.05) is 23.2 Å². The first-order valence-corrected chi connectivity index (χ1v) is 9.89. The van der Waals surface area contributed by atoms with Crippen LogP contribution in [0.25, 0.3) is 0 Å². The molecular weight excluding hydrogens is 388 g/mol. The van der Waals surface area contributed by atoms with Crippen molar-refractivity contribution in [3.8, 4) is 11.5 Å². The Morgan fingerprint density at radius 1 is 1.07 bits per heavy atom. The van der Waals surface area contributed by atoms with Crippen molar-refractivity contribution in [2.24, 2.45) is 5.92 Å². The summed E-state index contributed by atoms with van der Waals surface area (Å²) in [4.78, 5) is 0. The van der Waals surface area contributed by atoms with Crippen LogP contribution in [0.4, 0.5) is 4.39 Å². The molecule has 0 fully saturated rings. The Hall–Kier alpha value is -1.49. The minimum Gasteiger partial charge on any atom is -0.490 e. The van der Waals surface area contributed by atoms with Gasteiger partial charge in [0.1, 0.15) is 12.4 Å². The summed E-state index contributed by atoms with van der Waals surface area (Å²) >= 11 is 12.5. The van der Waals surface area contributed by atoms with Crippen molar-refractivity contribution in [2.75, 3.05) is 13.2 Å². The molecule has 0 saturated heterocycles. The molecule has 0 aliphatic rings. The van der Waals surface area contributed by atoms with E-state index in [1.165, 1.54) is 6.07 Å². The zero-order valence-electron chi connectivity index (χ0n) is 16.0. The predicted octanol–water partition coefficient (Wildman–Crippen LogP) is 6.25. The normalized spacial score (nSPS) is 11.1. The molecule has 148 valence electrons. The van der Waals surface area contributed by atoms with Crippen molar-refractivity contribution in [1.82, 2.24) is 5.32 Å². The number of halogens is 3. The van der Waals surface area contributed by atoms with Gasteiger partial charge in [-0.2, -0.15) is 0 Å². The Morgan fingerprint density at radius 3 is 2.48 bits per heavy atom. The van der Waals surface area contributed by atoms with E-state index in [1.54, 1.807) is 18.2 Å². The standard InChI is InChI=1S/C21H26Cl2FNO2/c1-4-26-20-10-15(12-25-9-8-14(2)3)18(23)11-21(20)27-13-16-17(22)6-5-7-19(16)24/h5-7,10-11,14,25H,4,8-9,12-13H2,1-3H3. The topological polar surface area (TPSA) is 30.5 Å². The SMILES string of the molecule is CCOc1cc(CNCCC(C)C)c(Cl)cc1OCc1c(F)cccc1Cl. The number of hydrogen-bond donors (Lipinski definition) is 1. The first kappa shape index (κ1) is 21.8. The summed E-state index contributed by atoms with van der Waals surface area (Å²) < 4.78 is 25.4. The van der Waals surface area contributed by atoms with Crippen LogP contribution < -0.4 is 14.8 Å². The van der Waals surface area contributed by atoms with Gasteiger partial charge in [0.25, 0.3) is 0 Å². The Labute approximate surface area is 170 Å². The molecule has 6 heteroatoms. The van der Waals surface area contributed by atoms with Crippen molar-refractivity contribution in [2.45, 2.75) is 40.3 Å². The Kier molecular flexibility index (Phi) is 8.68. The van der Waals surface area contributed by atoms with E-state index in [1.807, 2.05) is 13.0 Å². The van der Waals surface area contributed by atoms with Gasteiger partial charge in [-0.05, 0) is 49.6 Å². The molecule has 0 unspecified atom stereocenters. The Balaban J connectivity index is 2.12. The van der Waals surface area contributed by atoms with E-state index in [0.717, 1.165) is 18.5 Å². The van der Waals surface area contributed by atoms with Crippen LogP contribution in [0.1, 0.15) is 38.3 Å². The number of nitrogens with one attached hydrogen (secondary N) is 1. The third kappa shape index (κ3) is 6.56. The summed E-state index contributed by atoms with van der Waals surface area (Å²) in [6.45, 7) is 8.32. The van der Waals surface area contributed by atoms with E-state index >= 15 is 0 Å². The first-order valence-electron chi connectivity index (χ1n) is 9.14. The summed E-state index contributed by atoms with van der Waals surface area (Å²) in [5.74, 6) is 1.28. The molecule has 0 aliphatic carbocycles. The van der Waals surface area contributed by atoms with Gasteiger partial charge in [0.2, 0.25) is 0 Å². The summed E-state index contributed by atoms with van der Waals surface area (Å²) in [7, 11) is 0. The van der Waals surface area contributed by atoms with Crippen molar-refractivity contribution in [1.29, 1.82) is 0 Å². The lowest BCUT2D eigenvalue weighted by atomic mass is 10.1. The number of benzene rings is 2. The van der Waals surface area contributed by atoms with Crippen LogP contribution in [-0.4, -0.2) is 13.2 Å². The van der Waals surface area contributed by atoms with E-state index in [-0.39, 0.29) is 6.61 Å². The predicted molar refractivity (Wildman–Crippen MR) is 110 cm³/mol. The van der Waals surface area contributed by atoms with Gasteiger partial charge in [0.15, 0.2) is 11.5 Å². The molecule has 2 aromatic carbocycles. The van der Waals surface area contributed by atoms with Crippen molar-refractivity contribution in [3.63, 3.8) is 0 Å². The fourth-order valence-corrected chi connectivity index (χ4v) is 2.97. The van der Waals surface area contributed by atoms with Crippen LogP contribution in [0.15, 0.2) is 30.3 Å². The van der Waals surface area contributed by atoms with Crippen LogP contribution in [0, 0.1) is 11.7 Å². The van der Waals surface area contributed by atoms with Crippen molar-refractivity contribution in [3.05, 3.63) is 57.3 Å².